The molecular weight excluding hydrogens is 438 g/mol. The summed E-state index contributed by atoms with van der Waals surface area (Å²) >= 11 is 3.62. The Morgan fingerprint density at radius 3 is 2.37 bits per heavy atom. The van der Waals surface area contributed by atoms with E-state index in [1.807, 2.05) is 12.1 Å². The lowest BCUT2D eigenvalue weighted by Gasteiger charge is -2.56. The number of halogens is 1. The molecule has 1 aliphatic carbocycles. The number of benzene rings is 2. The van der Waals surface area contributed by atoms with Crippen LogP contribution in [0.4, 0.5) is 5.69 Å². The fourth-order valence-electron chi connectivity index (χ4n) is 6.09. The van der Waals surface area contributed by atoms with E-state index < -0.39 is 5.41 Å². The molecule has 0 bridgehead atoms. The average molecular weight is 466 g/mol. The van der Waals surface area contributed by atoms with E-state index in [0.717, 1.165) is 29.4 Å². The van der Waals surface area contributed by atoms with E-state index in [1.165, 1.54) is 11.3 Å². The molecule has 1 spiro atoms. The second-order valence-electron chi connectivity index (χ2n) is 10.1. The van der Waals surface area contributed by atoms with Crippen LogP contribution in [0.25, 0.3) is 0 Å². The predicted octanol–water partition coefficient (Wildman–Crippen LogP) is 5.70. The number of Topliss-reactive ketones (excluding diaryl/α,β-unsaturated/α-hetero) is 2. The molecule has 2 atom stereocenters. The quantitative estimate of drug-likeness (QED) is 0.506. The van der Waals surface area contributed by atoms with Crippen LogP contribution in [0.15, 0.2) is 53.0 Å². The second kappa shape index (κ2) is 7.05. The van der Waals surface area contributed by atoms with Crippen molar-refractivity contribution in [2.75, 3.05) is 11.4 Å². The summed E-state index contributed by atoms with van der Waals surface area (Å²) in [6.45, 7) is 4.98. The summed E-state index contributed by atoms with van der Waals surface area (Å²) < 4.78 is 1.04. The smallest absolute Gasteiger partial charge is 0.149 e. The first-order valence-electron chi connectivity index (χ1n) is 11.0. The number of anilines is 1. The summed E-state index contributed by atoms with van der Waals surface area (Å²) in [5.41, 5.74) is 2.51. The van der Waals surface area contributed by atoms with Gasteiger partial charge in [-0.05, 0) is 53.9 Å². The highest BCUT2D eigenvalue weighted by Crippen LogP contribution is 2.54. The van der Waals surface area contributed by atoms with Gasteiger partial charge in [-0.15, -0.1) is 0 Å². The van der Waals surface area contributed by atoms with Crippen LogP contribution in [0, 0.1) is 10.8 Å². The maximum atomic E-state index is 13.7. The monoisotopic (exact) mass is 465 g/mol. The van der Waals surface area contributed by atoms with Crippen LogP contribution in [0.1, 0.15) is 56.6 Å². The molecule has 0 amide bonds. The lowest BCUT2D eigenvalue weighted by atomic mass is 9.55. The van der Waals surface area contributed by atoms with Crippen molar-refractivity contribution in [3.8, 4) is 0 Å². The van der Waals surface area contributed by atoms with Gasteiger partial charge in [0.25, 0.3) is 0 Å². The van der Waals surface area contributed by atoms with Crippen molar-refractivity contribution in [3.63, 3.8) is 0 Å². The summed E-state index contributed by atoms with van der Waals surface area (Å²) in [7, 11) is 0. The van der Waals surface area contributed by atoms with E-state index in [4.69, 9.17) is 0 Å². The Labute approximate surface area is 187 Å². The largest absolute Gasteiger partial charge is 0.367 e. The van der Waals surface area contributed by atoms with Crippen molar-refractivity contribution in [1.29, 1.82) is 0 Å². The molecule has 2 aliphatic heterocycles. The summed E-state index contributed by atoms with van der Waals surface area (Å²) in [6, 6.07) is 16.8. The number of hydrogen-bond donors (Lipinski definition) is 0. The molecule has 2 aromatic carbocycles. The lowest BCUT2D eigenvalue weighted by molar-refractivity contribution is -0.151. The minimum atomic E-state index is -0.899. The van der Waals surface area contributed by atoms with E-state index in [9.17, 15) is 9.59 Å². The van der Waals surface area contributed by atoms with Crippen molar-refractivity contribution in [3.05, 3.63) is 64.1 Å². The van der Waals surface area contributed by atoms with Crippen LogP contribution in [-0.4, -0.2) is 24.2 Å². The minimum Gasteiger partial charge on any atom is -0.367 e. The minimum absolute atomic E-state index is 0.0608. The van der Waals surface area contributed by atoms with Gasteiger partial charge in [0.05, 0.1) is 0 Å². The lowest BCUT2D eigenvalue weighted by Crippen LogP contribution is -2.65. The van der Waals surface area contributed by atoms with Gasteiger partial charge in [0.2, 0.25) is 0 Å². The number of rotatable bonds is 1. The van der Waals surface area contributed by atoms with E-state index in [-0.39, 0.29) is 23.0 Å². The molecule has 0 unspecified atom stereocenters. The molecule has 2 aromatic rings. The van der Waals surface area contributed by atoms with Gasteiger partial charge in [-0.25, -0.2) is 0 Å². The number of ketones is 2. The molecule has 2 fully saturated rings. The molecule has 0 aromatic heterocycles. The molecule has 156 valence electrons. The maximum absolute atomic E-state index is 13.7. The predicted molar refractivity (Wildman–Crippen MR) is 123 cm³/mol. The Morgan fingerprint density at radius 2 is 1.67 bits per heavy atom. The molecule has 30 heavy (non-hydrogen) atoms. The van der Waals surface area contributed by atoms with Crippen molar-refractivity contribution >= 4 is 33.2 Å². The summed E-state index contributed by atoms with van der Waals surface area (Å²) in [4.78, 5) is 29.8. The van der Waals surface area contributed by atoms with Crippen LogP contribution in [0.2, 0.25) is 0 Å². The van der Waals surface area contributed by atoms with Gasteiger partial charge < -0.3 is 4.90 Å². The van der Waals surface area contributed by atoms with Crippen molar-refractivity contribution in [1.82, 2.24) is 0 Å². The van der Waals surface area contributed by atoms with E-state index >= 15 is 0 Å². The maximum Gasteiger partial charge on any atom is 0.149 e. The van der Waals surface area contributed by atoms with Gasteiger partial charge in [-0.1, -0.05) is 66.2 Å². The first kappa shape index (κ1) is 20.0. The molecule has 1 saturated carbocycles. The van der Waals surface area contributed by atoms with E-state index in [0.29, 0.717) is 25.2 Å². The van der Waals surface area contributed by atoms with Crippen molar-refractivity contribution < 1.29 is 9.59 Å². The number of fused-ring (bicyclic) bond motifs is 4. The zero-order valence-corrected chi connectivity index (χ0v) is 19.2. The third-order valence-electron chi connectivity index (χ3n) is 7.54. The van der Waals surface area contributed by atoms with Crippen LogP contribution in [0.5, 0.6) is 0 Å². The van der Waals surface area contributed by atoms with E-state index in [2.05, 4.69) is 71.1 Å². The van der Waals surface area contributed by atoms with Gasteiger partial charge >= 0.3 is 0 Å². The SMILES string of the molecule is CC1(C)CC(=O)C2(Cc3ccc(Br)cc3N3CC[C@H](c4ccccc4)C[C@H]32)C(=O)C1. The molecule has 0 N–H and O–H groups in total. The number of carbonyl (C=O) groups excluding carboxylic acids is 2. The van der Waals surface area contributed by atoms with Crippen LogP contribution in [-0.2, 0) is 16.0 Å². The molecular formula is C26H28BrNO2. The first-order valence-corrected chi connectivity index (χ1v) is 11.8. The van der Waals surface area contributed by atoms with Gasteiger partial charge in [0.1, 0.15) is 17.0 Å². The van der Waals surface area contributed by atoms with Crippen LogP contribution < -0.4 is 4.90 Å². The Kier molecular flexibility index (Phi) is 4.70. The van der Waals surface area contributed by atoms with Gasteiger partial charge in [-0.2, -0.15) is 0 Å². The van der Waals surface area contributed by atoms with E-state index in [1.54, 1.807) is 0 Å². The molecule has 3 nitrogen and oxygen atoms in total. The first-order chi connectivity index (χ1) is 14.3. The average Bonchev–Trinajstić information content (AvgIpc) is 2.72. The highest BCUT2D eigenvalue weighted by molar-refractivity contribution is 9.10. The topological polar surface area (TPSA) is 37.4 Å². The molecule has 0 radical (unpaired) electrons. The molecule has 5 rings (SSSR count). The standard InChI is InChI=1S/C26H28BrNO2/c1-25(2)15-23(29)26(24(30)16-25)14-19-8-9-20(27)13-21(19)28-11-10-18(12-22(26)28)17-6-4-3-5-7-17/h3-9,13,18,22H,10-12,14-16H2,1-2H3/t18-,22-/m0/s1. The van der Waals surface area contributed by atoms with Crippen molar-refractivity contribution in [2.45, 2.75) is 57.9 Å². The van der Waals surface area contributed by atoms with Crippen molar-refractivity contribution in [2.24, 2.45) is 10.8 Å². The summed E-state index contributed by atoms with van der Waals surface area (Å²) in [5.74, 6) is 0.690. The highest BCUT2D eigenvalue weighted by atomic mass is 79.9. The number of nitrogens with zero attached hydrogens (tertiary/aromatic N) is 1. The van der Waals surface area contributed by atoms with Crippen LogP contribution in [0.3, 0.4) is 0 Å². The zero-order valence-electron chi connectivity index (χ0n) is 17.7. The number of carbonyl (C=O) groups is 2. The zero-order chi connectivity index (χ0) is 21.1. The van der Waals surface area contributed by atoms with Crippen LogP contribution >= 0.6 is 15.9 Å². The fourth-order valence-corrected chi connectivity index (χ4v) is 6.44. The summed E-state index contributed by atoms with van der Waals surface area (Å²) in [5, 5.41) is 0. The third kappa shape index (κ3) is 3.07. The Hall–Kier alpha value is -1.94. The van der Waals surface area contributed by atoms with Gasteiger partial charge in [-0.3, -0.25) is 9.59 Å². The second-order valence-corrected chi connectivity index (χ2v) is 11.0. The highest BCUT2D eigenvalue weighted by Gasteiger charge is 2.60. The Morgan fingerprint density at radius 1 is 0.967 bits per heavy atom. The van der Waals surface area contributed by atoms with Gasteiger partial charge in [0.15, 0.2) is 0 Å². The Bertz CT molecular complexity index is 993. The molecule has 1 saturated heterocycles. The normalized spacial score (nSPS) is 27.0. The fraction of sp³-hybridized carbons (Fsp3) is 0.462. The molecule has 4 heteroatoms. The summed E-state index contributed by atoms with van der Waals surface area (Å²) in [6.07, 6.45) is 3.42. The molecule has 2 heterocycles. The number of hydrogen-bond acceptors (Lipinski definition) is 3. The number of piperidine rings is 1. The molecule has 3 aliphatic rings. The third-order valence-corrected chi connectivity index (χ3v) is 8.03. The Balaban J connectivity index is 1.62. The van der Waals surface area contributed by atoms with Gasteiger partial charge in [0, 0.05) is 35.6 Å².